The van der Waals surface area contributed by atoms with Crippen molar-refractivity contribution in [2.24, 2.45) is 0 Å². The molecule has 0 bridgehead atoms. The first kappa shape index (κ1) is 33.7. The van der Waals surface area contributed by atoms with E-state index in [0.29, 0.717) is 40.7 Å². The number of carbonyl (C=O) groups excluding carboxylic acids is 1. The summed E-state index contributed by atoms with van der Waals surface area (Å²) < 4.78 is 27.9. The van der Waals surface area contributed by atoms with Crippen LogP contribution >= 0.6 is 24.8 Å². The third kappa shape index (κ3) is 6.90. The van der Waals surface area contributed by atoms with Crippen LogP contribution < -0.4 is 33.9 Å². The van der Waals surface area contributed by atoms with E-state index in [4.69, 9.17) is 23.7 Å². The SMILES string of the molecule is COc1ccc(C=C2NC(=O)c3c2cc(OC)c(OC)c3CCN2CCN(c3ccccc3OC)CC2)cc1OC.Cl.Cl. The topological polar surface area (TPSA) is 81.7 Å². The summed E-state index contributed by atoms with van der Waals surface area (Å²) in [5.74, 6) is 3.19. The van der Waals surface area contributed by atoms with Crippen LogP contribution in [0.25, 0.3) is 11.8 Å². The Hall–Kier alpha value is -3.79. The van der Waals surface area contributed by atoms with E-state index in [2.05, 4.69) is 21.2 Å². The summed E-state index contributed by atoms with van der Waals surface area (Å²) in [6, 6.07) is 15.6. The van der Waals surface area contributed by atoms with Crippen molar-refractivity contribution in [2.75, 3.05) is 73.2 Å². The lowest BCUT2D eigenvalue weighted by Crippen LogP contribution is -2.47. The molecular formula is C32H39Cl2N3O6. The molecule has 0 atom stereocenters. The third-order valence-corrected chi connectivity index (χ3v) is 7.73. The van der Waals surface area contributed by atoms with Crippen molar-refractivity contribution >= 4 is 48.2 Å². The van der Waals surface area contributed by atoms with Gasteiger partial charge in [-0.2, -0.15) is 0 Å². The quantitative estimate of drug-likeness (QED) is 0.328. The summed E-state index contributed by atoms with van der Waals surface area (Å²) in [6.45, 7) is 4.39. The van der Waals surface area contributed by atoms with Gasteiger partial charge in [0.15, 0.2) is 23.0 Å². The number of nitrogens with one attached hydrogen (secondary N) is 1. The molecule has 0 aromatic heterocycles. The van der Waals surface area contributed by atoms with E-state index >= 15 is 0 Å². The van der Waals surface area contributed by atoms with Crippen LogP contribution in [0.1, 0.15) is 27.0 Å². The molecule has 11 heteroatoms. The maximum Gasteiger partial charge on any atom is 0.256 e. The number of piperazine rings is 1. The van der Waals surface area contributed by atoms with Crippen LogP contribution in [0.15, 0.2) is 48.5 Å². The van der Waals surface area contributed by atoms with Crippen molar-refractivity contribution in [1.29, 1.82) is 0 Å². The largest absolute Gasteiger partial charge is 0.495 e. The van der Waals surface area contributed by atoms with E-state index in [1.165, 1.54) is 0 Å². The van der Waals surface area contributed by atoms with Crippen molar-refractivity contribution in [1.82, 2.24) is 10.2 Å². The average Bonchev–Trinajstić information content (AvgIpc) is 3.33. The van der Waals surface area contributed by atoms with Gasteiger partial charge in [-0.25, -0.2) is 0 Å². The van der Waals surface area contributed by atoms with Crippen molar-refractivity contribution in [3.8, 4) is 28.7 Å². The highest BCUT2D eigenvalue weighted by atomic mass is 35.5. The van der Waals surface area contributed by atoms with Gasteiger partial charge in [0.1, 0.15) is 5.75 Å². The molecule has 5 rings (SSSR count). The molecule has 0 saturated carbocycles. The van der Waals surface area contributed by atoms with Gasteiger partial charge in [-0.15, -0.1) is 24.8 Å². The Morgan fingerprint density at radius 3 is 2.09 bits per heavy atom. The minimum atomic E-state index is -0.149. The standard InChI is InChI=1S/C32H37N3O6.2ClH/c1-37-26-9-7-6-8-25(26)35-16-14-34(15-17-35)13-12-22-30-23(20-29(40-4)31(22)41-5)24(33-32(30)36)18-21-10-11-27(38-2)28(19-21)39-3;;/h6-11,18-20H,12-17H2,1-5H3,(H,33,36);2*1H. The number of amides is 1. The third-order valence-electron chi connectivity index (χ3n) is 7.73. The van der Waals surface area contributed by atoms with Crippen LogP contribution in [-0.2, 0) is 6.42 Å². The number of benzene rings is 3. The number of methoxy groups -OCH3 is 5. The van der Waals surface area contributed by atoms with Crippen molar-refractivity contribution in [2.45, 2.75) is 6.42 Å². The van der Waals surface area contributed by atoms with Crippen LogP contribution in [-0.4, -0.2) is 79.1 Å². The molecule has 232 valence electrons. The molecule has 2 aliphatic heterocycles. The van der Waals surface area contributed by atoms with E-state index in [1.807, 2.05) is 48.5 Å². The first-order valence-electron chi connectivity index (χ1n) is 13.6. The fraction of sp³-hybridized carbons (Fsp3) is 0.344. The first-order chi connectivity index (χ1) is 20.0. The Kier molecular flexibility index (Phi) is 11.8. The maximum atomic E-state index is 13.4. The van der Waals surface area contributed by atoms with Crippen LogP contribution in [0.5, 0.6) is 28.7 Å². The Bertz CT molecular complexity index is 1460. The van der Waals surface area contributed by atoms with E-state index in [-0.39, 0.29) is 30.7 Å². The summed E-state index contributed by atoms with van der Waals surface area (Å²) in [5, 5.41) is 3.06. The number of anilines is 1. The fourth-order valence-electron chi connectivity index (χ4n) is 5.63. The van der Waals surface area contributed by atoms with Gasteiger partial charge in [0.05, 0.1) is 46.8 Å². The van der Waals surface area contributed by atoms with Gasteiger partial charge in [-0.05, 0) is 48.4 Å². The summed E-state index contributed by atoms with van der Waals surface area (Å²) in [5.41, 5.74) is 4.95. The fourth-order valence-corrected chi connectivity index (χ4v) is 5.63. The van der Waals surface area contributed by atoms with Crippen molar-refractivity contribution in [3.63, 3.8) is 0 Å². The second kappa shape index (κ2) is 15.1. The van der Waals surface area contributed by atoms with Crippen LogP contribution in [0.4, 0.5) is 5.69 Å². The van der Waals surface area contributed by atoms with E-state index < -0.39 is 0 Å². The van der Waals surface area contributed by atoms with Gasteiger partial charge < -0.3 is 33.9 Å². The normalized spacial score (nSPS) is 15.1. The molecule has 3 aromatic carbocycles. The van der Waals surface area contributed by atoms with Gasteiger partial charge in [0, 0.05) is 49.5 Å². The monoisotopic (exact) mass is 631 g/mol. The number of rotatable bonds is 10. The summed E-state index contributed by atoms with van der Waals surface area (Å²) in [6.07, 6.45) is 2.58. The number of para-hydroxylation sites is 2. The Labute approximate surface area is 265 Å². The lowest BCUT2D eigenvalue weighted by molar-refractivity contribution is 0.0979. The zero-order valence-corrected chi connectivity index (χ0v) is 26.7. The molecule has 1 fully saturated rings. The Morgan fingerprint density at radius 1 is 0.767 bits per heavy atom. The molecule has 9 nitrogen and oxygen atoms in total. The molecule has 43 heavy (non-hydrogen) atoms. The minimum absolute atomic E-state index is 0. The second-order valence-corrected chi connectivity index (χ2v) is 9.89. The van der Waals surface area contributed by atoms with Crippen LogP contribution in [0, 0.1) is 0 Å². The summed E-state index contributed by atoms with van der Waals surface area (Å²) >= 11 is 0. The number of nitrogens with zero attached hydrogens (tertiary/aromatic N) is 2. The smallest absolute Gasteiger partial charge is 0.256 e. The zero-order chi connectivity index (χ0) is 28.9. The van der Waals surface area contributed by atoms with Crippen molar-refractivity contribution in [3.05, 3.63) is 70.8 Å². The van der Waals surface area contributed by atoms with E-state index in [1.54, 1.807) is 35.5 Å². The summed E-state index contributed by atoms with van der Waals surface area (Å²) in [4.78, 5) is 18.1. The minimum Gasteiger partial charge on any atom is -0.495 e. The molecule has 1 saturated heterocycles. The van der Waals surface area contributed by atoms with Gasteiger partial charge in [-0.3, -0.25) is 9.69 Å². The Morgan fingerprint density at radius 2 is 1.44 bits per heavy atom. The van der Waals surface area contributed by atoms with Crippen LogP contribution in [0.3, 0.4) is 0 Å². The number of hydrogen-bond donors (Lipinski definition) is 1. The Balaban J connectivity index is 0.00000253. The number of carbonyl (C=O) groups is 1. The van der Waals surface area contributed by atoms with Crippen molar-refractivity contribution < 1.29 is 28.5 Å². The molecule has 0 spiro atoms. The zero-order valence-electron chi connectivity index (χ0n) is 25.1. The molecule has 0 radical (unpaired) electrons. The summed E-state index contributed by atoms with van der Waals surface area (Å²) in [7, 11) is 8.15. The second-order valence-electron chi connectivity index (χ2n) is 9.89. The number of halogens is 2. The highest BCUT2D eigenvalue weighted by Gasteiger charge is 2.32. The predicted molar refractivity (Wildman–Crippen MR) is 174 cm³/mol. The molecule has 0 aliphatic carbocycles. The van der Waals surface area contributed by atoms with Crippen LogP contribution in [0.2, 0.25) is 0 Å². The number of hydrogen-bond acceptors (Lipinski definition) is 8. The average molecular weight is 633 g/mol. The predicted octanol–water partition coefficient (Wildman–Crippen LogP) is 5.18. The molecule has 1 amide bonds. The maximum absolute atomic E-state index is 13.4. The van der Waals surface area contributed by atoms with Gasteiger partial charge in [0.2, 0.25) is 0 Å². The lowest BCUT2D eigenvalue weighted by atomic mass is 9.96. The molecule has 1 N–H and O–H groups in total. The number of fused-ring (bicyclic) bond motifs is 1. The highest BCUT2D eigenvalue weighted by Crippen LogP contribution is 2.42. The van der Waals surface area contributed by atoms with E-state index in [0.717, 1.165) is 60.9 Å². The van der Waals surface area contributed by atoms with Gasteiger partial charge in [0.25, 0.3) is 5.91 Å². The molecule has 2 aliphatic rings. The molecular weight excluding hydrogens is 593 g/mol. The highest BCUT2D eigenvalue weighted by molar-refractivity contribution is 6.13. The lowest BCUT2D eigenvalue weighted by Gasteiger charge is -2.36. The van der Waals surface area contributed by atoms with Gasteiger partial charge in [-0.1, -0.05) is 18.2 Å². The van der Waals surface area contributed by atoms with E-state index in [9.17, 15) is 4.79 Å². The van der Waals surface area contributed by atoms with Gasteiger partial charge >= 0.3 is 0 Å². The first-order valence-corrected chi connectivity index (χ1v) is 13.6. The number of ether oxygens (including phenoxy) is 5. The molecule has 2 heterocycles. The molecule has 0 unspecified atom stereocenters. The molecule has 3 aromatic rings.